The van der Waals surface area contributed by atoms with E-state index in [1.165, 1.54) is 0 Å². The van der Waals surface area contributed by atoms with Gasteiger partial charge in [-0.15, -0.1) is 0 Å². The zero-order valence-corrected chi connectivity index (χ0v) is 15.0. The first-order valence-electron chi connectivity index (χ1n) is 8.43. The number of rotatable bonds is 3. The van der Waals surface area contributed by atoms with E-state index in [9.17, 15) is 8.42 Å². The lowest BCUT2D eigenvalue weighted by molar-refractivity contribution is 0.171. The van der Waals surface area contributed by atoms with E-state index in [4.69, 9.17) is 9.47 Å². The minimum Gasteiger partial charge on any atom is -0.486 e. The summed E-state index contributed by atoms with van der Waals surface area (Å²) in [5.74, 6) is 2.09. The van der Waals surface area contributed by atoms with E-state index in [0.717, 1.165) is 30.2 Å². The van der Waals surface area contributed by atoms with Crippen LogP contribution in [0.3, 0.4) is 0 Å². The summed E-state index contributed by atoms with van der Waals surface area (Å²) in [7, 11) is 0.971. The lowest BCUT2D eigenvalue weighted by Crippen LogP contribution is -2.37. The zero-order chi connectivity index (χ0) is 16.9. The van der Waals surface area contributed by atoms with Gasteiger partial charge in [0.25, 0.3) is 0 Å². The molecule has 3 heterocycles. The second-order valence-corrected chi connectivity index (χ2v) is 9.50. The van der Waals surface area contributed by atoms with Crippen molar-refractivity contribution in [3.8, 4) is 11.5 Å². The van der Waals surface area contributed by atoms with E-state index in [0.29, 0.717) is 25.5 Å². The van der Waals surface area contributed by atoms with E-state index < -0.39 is 9.84 Å². The Kier molecular flexibility index (Phi) is 3.97. The molecule has 0 N–H and O–H groups in total. The summed E-state index contributed by atoms with van der Waals surface area (Å²) in [5.41, 5.74) is 1.14. The number of likely N-dealkylation sites (tertiary alicyclic amines) is 1. The summed E-state index contributed by atoms with van der Waals surface area (Å²) < 4.78 is 36.1. The quantitative estimate of drug-likeness (QED) is 0.795. The fourth-order valence-electron chi connectivity index (χ4n) is 4.22. The molecular weight excluding hydrogens is 328 g/mol. The fourth-order valence-corrected chi connectivity index (χ4v) is 6.73. The van der Waals surface area contributed by atoms with E-state index in [1.54, 1.807) is 0 Å². The van der Waals surface area contributed by atoms with E-state index >= 15 is 0 Å². The van der Waals surface area contributed by atoms with Gasteiger partial charge < -0.3 is 14.4 Å². The van der Waals surface area contributed by atoms with Crippen molar-refractivity contribution in [3.05, 3.63) is 23.8 Å². The van der Waals surface area contributed by atoms with Crippen molar-refractivity contribution in [2.45, 2.75) is 17.8 Å². The van der Waals surface area contributed by atoms with Crippen LogP contribution in [0.2, 0.25) is 0 Å². The Bertz CT molecular complexity index is 734. The summed E-state index contributed by atoms with van der Waals surface area (Å²) in [6.45, 7) is 3.38. The van der Waals surface area contributed by atoms with Gasteiger partial charge in [0, 0.05) is 31.6 Å². The molecule has 0 unspecified atom stereocenters. The second kappa shape index (κ2) is 5.89. The predicted octanol–water partition coefficient (Wildman–Crippen LogP) is 0.617. The molecule has 3 aliphatic heterocycles. The predicted molar refractivity (Wildman–Crippen MR) is 91.2 cm³/mol. The maximum absolute atomic E-state index is 12.5. The van der Waals surface area contributed by atoms with E-state index in [-0.39, 0.29) is 17.2 Å². The van der Waals surface area contributed by atoms with Gasteiger partial charge in [-0.2, -0.15) is 0 Å². The maximum atomic E-state index is 12.5. The van der Waals surface area contributed by atoms with Crippen LogP contribution in [0.1, 0.15) is 5.56 Å². The van der Waals surface area contributed by atoms with Crippen LogP contribution in [0.25, 0.3) is 0 Å². The lowest BCUT2D eigenvalue weighted by Gasteiger charge is -2.25. The van der Waals surface area contributed by atoms with Crippen molar-refractivity contribution in [3.63, 3.8) is 0 Å². The molecule has 2 saturated heterocycles. The third kappa shape index (κ3) is 2.78. The summed E-state index contributed by atoms with van der Waals surface area (Å²) in [6, 6.07) is 6.13. The number of hydrogen-bond donors (Lipinski definition) is 0. The van der Waals surface area contributed by atoms with Gasteiger partial charge in [0.2, 0.25) is 0 Å². The first-order chi connectivity index (χ1) is 11.4. The standard InChI is InChI=1S/C17H24N2O4S/c1-18(2)14-11-24(20,21)17-10-19(9-13(14)17)8-12-3-4-15-16(7-12)23-6-5-22-15/h3-4,7,13-14,17H,5-6,8-11H2,1-2H3/t13-,14-,17-/m0/s1. The molecule has 3 aliphatic rings. The van der Waals surface area contributed by atoms with E-state index in [1.807, 2.05) is 32.3 Å². The second-order valence-electron chi connectivity index (χ2n) is 7.23. The molecule has 0 saturated carbocycles. The van der Waals surface area contributed by atoms with Crippen molar-refractivity contribution >= 4 is 9.84 Å². The van der Waals surface area contributed by atoms with Crippen molar-refractivity contribution in [1.29, 1.82) is 0 Å². The largest absolute Gasteiger partial charge is 0.486 e. The Morgan fingerprint density at radius 1 is 1.17 bits per heavy atom. The van der Waals surface area contributed by atoms with Crippen molar-refractivity contribution < 1.29 is 17.9 Å². The van der Waals surface area contributed by atoms with Crippen LogP contribution in [-0.2, 0) is 16.4 Å². The molecule has 24 heavy (non-hydrogen) atoms. The van der Waals surface area contributed by atoms with Gasteiger partial charge in [0.15, 0.2) is 21.3 Å². The molecule has 2 fully saturated rings. The number of nitrogens with zero attached hydrogens (tertiary/aromatic N) is 2. The average molecular weight is 352 g/mol. The normalized spacial score (nSPS) is 31.4. The molecular formula is C17H24N2O4S. The highest BCUT2D eigenvalue weighted by Crippen LogP contribution is 2.37. The molecule has 0 amide bonds. The summed E-state index contributed by atoms with van der Waals surface area (Å²) in [5, 5.41) is -0.220. The number of sulfone groups is 1. The number of fused-ring (bicyclic) bond motifs is 2. The number of hydrogen-bond acceptors (Lipinski definition) is 6. The zero-order valence-electron chi connectivity index (χ0n) is 14.1. The van der Waals surface area contributed by atoms with Gasteiger partial charge in [0.1, 0.15) is 13.2 Å². The van der Waals surface area contributed by atoms with E-state index in [2.05, 4.69) is 9.80 Å². The SMILES string of the molecule is CN(C)[C@H]1CS(=O)(=O)[C@H]2CN(Cc3ccc4c(c3)OCCO4)C[C@@H]12. The molecule has 0 spiro atoms. The molecule has 3 atom stereocenters. The smallest absolute Gasteiger partial charge is 0.161 e. The Balaban J connectivity index is 1.49. The molecule has 4 rings (SSSR count). The minimum absolute atomic E-state index is 0.130. The molecule has 0 radical (unpaired) electrons. The highest BCUT2D eigenvalue weighted by Gasteiger charge is 2.52. The van der Waals surface area contributed by atoms with Crippen LogP contribution in [-0.4, -0.2) is 75.7 Å². The van der Waals surface area contributed by atoms with Crippen molar-refractivity contribution in [1.82, 2.24) is 9.80 Å². The Hall–Kier alpha value is -1.31. The molecule has 7 heteroatoms. The van der Waals surface area contributed by atoms with Gasteiger partial charge in [-0.1, -0.05) is 6.07 Å². The molecule has 0 aromatic heterocycles. The molecule has 132 valence electrons. The van der Waals surface area contributed by atoms with Crippen LogP contribution in [0.4, 0.5) is 0 Å². The topological polar surface area (TPSA) is 59.1 Å². The first kappa shape index (κ1) is 16.2. The van der Waals surface area contributed by atoms with Gasteiger partial charge >= 0.3 is 0 Å². The van der Waals surface area contributed by atoms with Crippen LogP contribution >= 0.6 is 0 Å². The first-order valence-corrected chi connectivity index (χ1v) is 10.1. The Morgan fingerprint density at radius 2 is 1.92 bits per heavy atom. The molecule has 0 aliphatic carbocycles. The third-order valence-corrected chi connectivity index (χ3v) is 7.65. The Labute approximate surface area is 143 Å². The van der Waals surface area contributed by atoms with Gasteiger partial charge in [-0.25, -0.2) is 8.42 Å². The highest BCUT2D eigenvalue weighted by molar-refractivity contribution is 7.92. The average Bonchev–Trinajstić information content (AvgIpc) is 3.06. The Morgan fingerprint density at radius 3 is 2.67 bits per heavy atom. The molecule has 1 aromatic carbocycles. The van der Waals surface area contributed by atoms with Gasteiger partial charge in [-0.05, 0) is 31.8 Å². The number of ether oxygens (including phenoxy) is 2. The maximum Gasteiger partial charge on any atom is 0.161 e. The molecule has 6 nitrogen and oxygen atoms in total. The van der Waals surface area contributed by atoms with Crippen molar-refractivity contribution in [2.24, 2.45) is 5.92 Å². The fraction of sp³-hybridized carbons (Fsp3) is 0.647. The van der Waals surface area contributed by atoms with Crippen LogP contribution < -0.4 is 9.47 Å². The third-order valence-electron chi connectivity index (χ3n) is 5.42. The van der Waals surface area contributed by atoms with Gasteiger partial charge in [-0.3, -0.25) is 4.90 Å². The van der Waals surface area contributed by atoms with Crippen LogP contribution in [0, 0.1) is 5.92 Å². The molecule has 0 bridgehead atoms. The van der Waals surface area contributed by atoms with Crippen LogP contribution in [0.15, 0.2) is 18.2 Å². The summed E-state index contributed by atoms with van der Waals surface area (Å²) in [6.07, 6.45) is 0. The monoisotopic (exact) mass is 352 g/mol. The van der Waals surface area contributed by atoms with Gasteiger partial charge in [0.05, 0.1) is 11.0 Å². The molecule has 1 aromatic rings. The highest BCUT2D eigenvalue weighted by atomic mass is 32.2. The van der Waals surface area contributed by atoms with Crippen molar-refractivity contribution in [2.75, 3.05) is 46.2 Å². The van der Waals surface area contributed by atoms with Crippen LogP contribution in [0.5, 0.6) is 11.5 Å². The summed E-state index contributed by atoms with van der Waals surface area (Å²) in [4.78, 5) is 4.32. The lowest BCUT2D eigenvalue weighted by atomic mass is 10.00. The minimum atomic E-state index is -2.99. The number of benzene rings is 1. The summed E-state index contributed by atoms with van der Waals surface area (Å²) >= 11 is 0.